The molecule has 0 spiro atoms. The van der Waals surface area contributed by atoms with E-state index in [0.29, 0.717) is 12.0 Å². The highest BCUT2D eigenvalue weighted by Crippen LogP contribution is 2.39. The lowest BCUT2D eigenvalue weighted by Gasteiger charge is -2.28. The van der Waals surface area contributed by atoms with E-state index in [2.05, 4.69) is 20.3 Å². The first-order chi connectivity index (χ1) is 7.76. The van der Waals surface area contributed by atoms with Gasteiger partial charge in [0.25, 0.3) is 0 Å². The summed E-state index contributed by atoms with van der Waals surface area (Å²) in [6.45, 7) is 3.12. The summed E-state index contributed by atoms with van der Waals surface area (Å²) < 4.78 is 0. The Morgan fingerprint density at radius 1 is 1.44 bits per heavy atom. The minimum atomic E-state index is 0.512. The van der Waals surface area contributed by atoms with Gasteiger partial charge in [-0.15, -0.1) is 0 Å². The minimum absolute atomic E-state index is 0.512. The average Bonchev–Trinajstić information content (AvgIpc) is 2.89. The van der Waals surface area contributed by atoms with Gasteiger partial charge < -0.3 is 4.90 Å². The van der Waals surface area contributed by atoms with Gasteiger partial charge in [-0.25, -0.2) is 10.8 Å². The molecule has 3 N–H and O–H groups in total. The van der Waals surface area contributed by atoms with Gasteiger partial charge in [0, 0.05) is 24.3 Å². The first-order valence-corrected chi connectivity index (χ1v) is 5.85. The van der Waals surface area contributed by atoms with E-state index in [1.54, 1.807) is 0 Å². The van der Waals surface area contributed by atoms with Crippen LogP contribution in [0.5, 0.6) is 0 Å². The molecule has 5 heteroatoms. The molecule has 1 aromatic rings. The monoisotopic (exact) mass is 219 g/mol. The maximum absolute atomic E-state index is 5.37. The summed E-state index contributed by atoms with van der Waals surface area (Å²) in [4.78, 5) is 11.0. The zero-order chi connectivity index (χ0) is 11.1. The number of nitrogen functional groups attached to an aromatic ring is 1. The Kier molecular flexibility index (Phi) is 2.21. The molecule has 3 rings (SSSR count). The van der Waals surface area contributed by atoms with Gasteiger partial charge in [0.05, 0.1) is 0 Å². The predicted octanol–water partition coefficient (Wildman–Crippen LogP) is 1.06. The SMILES string of the molecule is Cc1cc(N2CC3CCC2C3)nc(NN)n1. The van der Waals surface area contributed by atoms with Gasteiger partial charge in [-0.05, 0) is 32.1 Å². The third-order valence-electron chi connectivity index (χ3n) is 3.67. The van der Waals surface area contributed by atoms with Crippen molar-refractivity contribution in [3.8, 4) is 0 Å². The van der Waals surface area contributed by atoms with Crippen LogP contribution in [0.4, 0.5) is 11.8 Å². The van der Waals surface area contributed by atoms with E-state index in [9.17, 15) is 0 Å². The lowest BCUT2D eigenvalue weighted by Crippen LogP contribution is -2.33. The summed E-state index contributed by atoms with van der Waals surface area (Å²) in [5.74, 6) is 7.77. The van der Waals surface area contributed by atoms with E-state index in [1.807, 2.05) is 13.0 Å². The van der Waals surface area contributed by atoms with Gasteiger partial charge in [0.2, 0.25) is 5.95 Å². The van der Waals surface area contributed by atoms with Crippen molar-refractivity contribution >= 4 is 11.8 Å². The molecule has 86 valence electrons. The van der Waals surface area contributed by atoms with Crippen LogP contribution < -0.4 is 16.2 Å². The summed E-state index contributed by atoms with van der Waals surface area (Å²) in [6.07, 6.45) is 4.01. The van der Waals surface area contributed by atoms with E-state index in [1.165, 1.54) is 19.3 Å². The molecule has 0 radical (unpaired) electrons. The molecule has 0 aromatic carbocycles. The van der Waals surface area contributed by atoms with Crippen molar-refractivity contribution in [2.45, 2.75) is 32.2 Å². The van der Waals surface area contributed by atoms with E-state index >= 15 is 0 Å². The van der Waals surface area contributed by atoms with Crippen LogP contribution in [0.25, 0.3) is 0 Å². The second-order valence-electron chi connectivity index (χ2n) is 4.82. The molecule has 1 aliphatic carbocycles. The van der Waals surface area contributed by atoms with Crippen LogP contribution in [-0.2, 0) is 0 Å². The summed E-state index contributed by atoms with van der Waals surface area (Å²) in [6, 6.07) is 2.73. The van der Waals surface area contributed by atoms with Crippen molar-refractivity contribution in [1.29, 1.82) is 0 Å². The number of nitrogens with one attached hydrogen (secondary N) is 1. The largest absolute Gasteiger partial charge is 0.353 e. The maximum Gasteiger partial charge on any atom is 0.239 e. The number of rotatable bonds is 2. The molecule has 2 fully saturated rings. The molecule has 16 heavy (non-hydrogen) atoms. The van der Waals surface area contributed by atoms with E-state index in [4.69, 9.17) is 5.84 Å². The third-order valence-corrected chi connectivity index (χ3v) is 3.67. The third kappa shape index (κ3) is 1.51. The Labute approximate surface area is 95.0 Å². The Balaban J connectivity index is 1.91. The first-order valence-electron chi connectivity index (χ1n) is 5.85. The molecule has 1 saturated heterocycles. The van der Waals surface area contributed by atoms with Crippen LogP contribution in [0.2, 0.25) is 0 Å². The number of hydrogen-bond donors (Lipinski definition) is 2. The Morgan fingerprint density at radius 2 is 2.31 bits per heavy atom. The smallest absolute Gasteiger partial charge is 0.239 e. The number of hydrogen-bond acceptors (Lipinski definition) is 5. The lowest BCUT2D eigenvalue weighted by molar-refractivity contribution is 0.550. The number of aromatic nitrogens is 2. The number of anilines is 2. The van der Waals surface area contributed by atoms with Crippen LogP contribution in [0.3, 0.4) is 0 Å². The highest BCUT2D eigenvalue weighted by Gasteiger charge is 2.38. The zero-order valence-corrected chi connectivity index (χ0v) is 9.48. The van der Waals surface area contributed by atoms with Crippen LogP contribution in [0, 0.1) is 12.8 Å². The highest BCUT2D eigenvalue weighted by atomic mass is 15.3. The second kappa shape index (κ2) is 3.59. The van der Waals surface area contributed by atoms with Crippen molar-refractivity contribution in [2.24, 2.45) is 11.8 Å². The van der Waals surface area contributed by atoms with Gasteiger partial charge in [-0.3, -0.25) is 5.43 Å². The molecule has 1 aliphatic heterocycles. The van der Waals surface area contributed by atoms with Crippen molar-refractivity contribution in [3.63, 3.8) is 0 Å². The van der Waals surface area contributed by atoms with Crippen molar-refractivity contribution < 1.29 is 0 Å². The fourth-order valence-electron chi connectivity index (χ4n) is 2.97. The molecule has 2 atom stereocenters. The normalized spacial score (nSPS) is 27.5. The quantitative estimate of drug-likeness (QED) is 0.575. The Hall–Kier alpha value is -1.36. The maximum atomic E-state index is 5.37. The molecule has 5 nitrogen and oxygen atoms in total. The van der Waals surface area contributed by atoms with Gasteiger partial charge in [-0.1, -0.05) is 0 Å². The molecule has 2 unspecified atom stereocenters. The van der Waals surface area contributed by atoms with Gasteiger partial charge in [-0.2, -0.15) is 4.98 Å². The van der Waals surface area contributed by atoms with E-state index in [-0.39, 0.29) is 0 Å². The summed E-state index contributed by atoms with van der Waals surface area (Å²) in [5, 5.41) is 0. The Morgan fingerprint density at radius 3 is 2.94 bits per heavy atom. The topological polar surface area (TPSA) is 67.1 Å². The molecule has 2 heterocycles. The molecule has 2 aliphatic rings. The van der Waals surface area contributed by atoms with Crippen LogP contribution in [0.15, 0.2) is 6.07 Å². The van der Waals surface area contributed by atoms with Gasteiger partial charge in [0.1, 0.15) is 5.82 Å². The number of piperidine rings is 1. The lowest BCUT2D eigenvalue weighted by atomic mass is 10.1. The van der Waals surface area contributed by atoms with Crippen LogP contribution >= 0.6 is 0 Å². The van der Waals surface area contributed by atoms with Crippen molar-refractivity contribution in [2.75, 3.05) is 16.9 Å². The van der Waals surface area contributed by atoms with Crippen molar-refractivity contribution in [3.05, 3.63) is 11.8 Å². The number of nitrogens with zero attached hydrogens (tertiary/aromatic N) is 3. The number of fused-ring (bicyclic) bond motifs is 2. The fourth-order valence-corrected chi connectivity index (χ4v) is 2.97. The van der Waals surface area contributed by atoms with E-state index < -0.39 is 0 Å². The van der Waals surface area contributed by atoms with Crippen molar-refractivity contribution in [1.82, 2.24) is 9.97 Å². The second-order valence-corrected chi connectivity index (χ2v) is 4.82. The van der Waals surface area contributed by atoms with E-state index in [0.717, 1.165) is 24.0 Å². The molecule has 1 aromatic heterocycles. The predicted molar refractivity (Wildman–Crippen MR) is 63.1 cm³/mol. The molecule has 1 saturated carbocycles. The highest BCUT2D eigenvalue weighted by molar-refractivity contribution is 5.47. The molecular formula is C11H17N5. The number of hydrazine groups is 1. The first kappa shape index (κ1) is 9.84. The van der Waals surface area contributed by atoms with Crippen LogP contribution in [0.1, 0.15) is 25.0 Å². The summed E-state index contributed by atoms with van der Waals surface area (Å²) in [7, 11) is 0. The number of nitrogens with two attached hydrogens (primary N) is 1. The fraction of sp³-hybridized carbons (Fsp3) is 0.636. The summed E-state index contributed by atoms with van der Waals surface area (Å²) in [5.41, 5.74) is 3.49. The van der Waals surface area contributed by atoms with Crippen LogP contribution in [-0.4, -0.2) is 22.6 Å². The summed E-state index contributed by atoms with van der Waals surface area (Å²) >= 11 is 0. The molecule has 2 bridgehead atoms. The molecule has 0 amide bonds. The van der Waals surface area contributed by atoms with Gasteiger partial charge >= 0.3 is 0 Å². The number of aryl methyl sites for hydroxylation is 1. The minimum Gasteiger partial charge on any atom is -0.353 e. The molecular weight excluding hydrogens is 202 g/mol. The average molecular weight is 219 g/mol. The Bertz CT molecular complexity index is 405. The standard InChI is InChI=1S/C11H17N5/c1-7-4-10(14-11(13-7)15-12)16-6-8-2-3-9(16)5-8/h4,8-9H,2-3,5-6,12H2,1H3,(H,13,14,15). The zero-order valence-electron chi connectivity index (χ0n) is 9.48. The van der Waals surface area contributed by atoms with Gasteiger partial charge in [0.15, 0.2) is 0 Å².